The first kappa shape index (κ1) is 54.4. The number of amides is 4. The fourth-order valence-corrected chi connectivity index (χ4v) is 9.88. The Bertz CT molecular complexity index is 3190. The van der Waals surface area contributed by atoms with Crippen molar-refractivity contribution in [3.05, 3.63) is 109 Å². The van der Waals surface area contributed by atoms with Gasteiger partial charge in [-0.05, 0) is 75.9 Å². The minimum atomic E-state index is -4.51. The number of benzene rings is 2. The van der Waals surface area contributed by atoms with Gasteiger partial charge < -0.3 is 39.0 Å². The summed E-state index contributed by atoms with van der Waals surface area (Å²) in [5.74, 6) is 1.47. The van der Waals surface area contributed by atoms with Crippen LogP contribution < -0.4 is 39.7 Å². The van der Waals surface area contributed by atoms with E-state index in [2.05, 4.69) is 50.3 Å². The van der Waals surface area contributed by atoms with Crippen molar-refractivity contribution >= 4 is 46.7 Å². The summed E-state index contributed by atoms with van der Waals surface area (Å²) in [6.07, 6.45) is -1.03. The number of aromatic nitrogens is 6. The van der Waals surface area contributed by atoms with E-state index in [9.17, 15) is 41.0 Å². The van der Waals surface area contributed by atoms with Crippen LogP contribution in [0.5, 0.6) is 11.5 Å². The SMILES string of the molecule is CC1(C)OC[C@@H](COc2ccnc(NC(=O)N3c4nc(-c5cccc(C(F)(F)F)c5)ncc4N4CCC[C@H]3C4)c2)O1.O=C(Nc1cc(OC[C@@H](O)CO)ccn1)N1c2nc(-c3cccc(C(F)(F)F)c3)ncc2N2CCC[C@H]1C2. The van der Waals surface area contributed by atoms with Crippen molar-refractivity contribution in [2.24, 2.45) is 0 Å². The van der Waals surface area contributed by atoms with E-state index < -0.39 is 54.0 Å². The Morgan fingerprint density at radius 2 is 1.22 bits per heavy atom. The van der Waals surface area contributed by atoms with E-state index in [-0.39, 0.29) is 65.8 Å². The second-order valence-corrected chi connectivity index (χ2v) is 19.7. The Hall–Kier alpha value is -7.94. The molecule has 5 aliphatic heterocycles. The fraction of sp³-hybridized carbons (Fsp3) is 0.396. The van der Waals surface area contributed by atoms with Gasteiger partial charge in [0, 0.05) is 61.8 Å². The molecule has 5 aliphatic rings. The monoisotopic (exact) mass is 1100 g/mol. The number of urea groups is 2. The number of aliphatic hydroxyl groups is 2. The molecule has 0 radical (unpaired) electrons. The van der Waals surface area contributed by atoms with Gasteiger partial charge in [-0.3, -0.25) is 20.4 Å². The van der Waals surface area contributed by atoms with Gasteiger partial charge in [0.15, 0.2) is 29.1 Å². The van der Waals surface area contributed by atoms with Crippen LogP contribution in [-0.2, 0) is 21.8 Å². The first-order valence-corrected chi connectivity index (χ1v) is 25.4. The maximum Gasteiger partial charge on any atom is 0.416 e. The van der Waals surface area contributed by atoms with E-state index in [1.54, 1.807) is 35.5 Å². The van der Waals surface area contributed by atoms with E-state index in [1.807, 2.05) is 13.8 Å². The van der Waals surface area contributed by atoms with Crippen LogP contribution in [0.4, 0.5) is 70.6 Å². The minimum absolute atomic E-state index is 0.0739. The summed E-state index contributed by atoms with van der Waals surface area (Å²) >= 11 is 0. The maximum atomic E-state index is 13.7. The van der Waals surface area contributed by atoms with Crippen LogP contribution in [0.15, 0.2) is 97.6 Å². The van der Waals surface area contributed by atoms with Crippen LogP contribution in [-0.4, -0.2) is 135 Å². The average Bonchev–Trinajstić information content (AvgIpc) is 4.01. The molecule has 4 amide bonds. The molecule has 0 unspecified atom stereocenters. The summed E-state index contributed by atoms with van der Waals surface area (Å²) < 4.78 is 102. The smallest absolute Gasteiger partial charge is 0.416 e. The lowest BCUT2D eigenvalue weighted by atomic mass is 10.0. The van der Waals surface area contributed by atoms with Gasteiger partial charge in [-0.1, -0.05) is 24.3 Å². The molecular formula is C53H54F6N12O8. The van der Waals surface area contributed by atoms with Gasteiger partial charge in [0.25, 0.3) is 0 Å². The Kier molecular flexibility index (Phi) is 15.4. The minimum Gasteiger partial charge on any atom is -0.491 e. The van der Waals surface area contributed by atoms with Gasteiger partial charge >= 0.3 is 24.4 Å². The summed E-state index contributed by atoms with van der Waals surface area (Å²) in [5.41, 5.74) is 0.0562. The molecule has 6 aromatic rings. The number of fused-ring (bicyclic) bond motifs is 8. The van der Waals surface area contributed by atoms with Gasteiger partial charge in [0.1, 0.15) is 48.6 Å². The molecule has 2 aromatic carbocycles. The van der Waals surface area contributed by atoms with E-state index >= 15 is 0 Å². The van der Waals surface area contributed by atoms with Crippen molar-refractivity contribution in [2.45, 2.75) is 82.0 Å². The van der Waals surface area contributed by atoms with Crippen molar-refractivity contribution in [3.8, 4) is 34.3 Å². The number of halogens is 6. The number of rotatable bonds is 11. The molecule has 20 nitrogen and oxygen atoms in total. The Morgan fingerprint density at radius 3 is 1.67 bits per heavy atom. The number of nitrogens with zero attached hydrogens (tertiary/aromatic N) is 10. The standard InChI is InChI=1S/C28H29F3N6O4.C25H25F3N6O4/c1-27(2)40-16-21(41-27)15-39-20-8-9-32-23(12-20)34-26(38)37-19-7-4-10-36(14-19)22-13-33-24(35-25(22)37)17-5-3-6-18(11-17)28(29,30)31;26-25(27,28)16-4-1-3-15(9-16)22-30-11-20-23(32-22)34(17-5-2-8-33(20)12-17)24(37)31-21-10-19(6-7-29-21)38-14-18(36)13-35/h3,5-6,8-9,11-13,19,21H,4,7,10,14-16H2,1-2H3,(H,32,34,38);1,3-4,6-7,9-11,17-18,35-36H,2,5,8,12-14H2,(H,29,31,37)/t19-,21+;17-,18-/m00/s1. The number of piperidine rings is 2. The molecule has 0 aliphatic carbocycles. The normalized spacial score (nSPS) is 19.5. The highest BCUT2D eigenvalue weighted by atomic mass is 19.4. The quantitative estimate of drug-likeness (QED) is 0.0893. The molecule has 9 heterocycles. The second-order valence-electron chi connectivity index (χ2n) is 19.7. The molecular weight excluding hydrogens is 1050 g/mol. The van der Waals surface area contributed by atoms with Gasteiger partial charge in [-0.25, -0.2) is 39.5 Å². The number of carbonyl (C=O) groups excluding carboxylic acids is 2. The van der Waals surface area contributed by atoms with Gasteiger partial charge in [-0.15, -0.1) is 0 Å². The molecule has 4 N–H and O–H groups in total. The number of carbonyl (C=O) groups is 2. The topological polar surface area (TPSA) is 226 Å². The van der Waals surface area contributed by atoms with Crippen LogP contribution in [0.3, 0.4) is 0 Å². The highest BCUT2D eigenvalue weighted by Gasteiger charge is 2.41. The highest BCUT2D eigenvalue weighted by Crippen LogP contribution is 2.42. The summed E-state index contributed by atoms with van der Waals surface area (Å²) in [5, 5.41) is 24.0. The third kappa shape index (κ3) is 12.5. The highest BCUT2D eigenvalue weighted by molar-refractivity contribution is 6.05. The molecule has 416 valence electrons. The Labute approximate surface area is 448 Å². The van der Waals surface area contributed by atoms with Crippen molar-refractivity contribution in [1.82, 2.24) is 29.9 Å². The summed E-state index contributed by atoms with van der Waals surface area (Å²) in [6.45, 7) is 6.48. The average molecular weight is 1100 g/mol. The lowest BCUT2D eigenvalue weighted by Crippen LogP contribution is -2.56. The van der Waals surface area contributed by atoms with Crippen molar-refractivity contribution in [2.75, 3.05) is 82.8 Å². The molecule has 11 rings (SSSR count). The molecule has 4 atom stereocenters. The van der Waals surface area contributed by atoms with Gasteiger partial charge in [0.2, 0.25) is 0 Å². The fourth-order valence-electron chi connectivity index (χ4n) is 9.88. The molecule has 4 aromatic heterocycles. The number of pyridine rings is 2. The first-order chi connectivity index (χ1) is 37.8. The maximum absolute atomic E-state index is 13.7. The zero-order chi connectivity index (χ0) is 55.6. The number of ether oxygens (including phenoxy) is 4. The third-order valence-corrected chi connectivity index (χ3v) is 13.6. The summed E-state index contributed by atoms with van der Waals surface area (Å²) in [4.78, 5) is 60.7. The van der Waals surface area contributed by atoms with E-state index in [1.165, 1.54) is 47.6 Å². The third-order valence-electron chi connectivity index (χ3n) is 13.6. The number of hydrogen-bond donors (Lipinski definition) is 4. The van der Waals surface area contributed by atoms with Crippen LogP contribution in [0.2, 0.25) is 0 Å². The van der Waals surface area contributed by atoms with Crippen molar-refractivity contribution in [3.63, 3.8) is 0 Å². The van der Waals surface area contributed by atoms with Crippen LogP contribution in [0.25, 0.3) is 22.8 Å². The molecule has 3 fully saturated rings. The number of aliphatic hydroxyl groups excluding tert-OH is 2. The second kappa shape index (κ2) is 22.4. The number of nitrogens with one attached hydrogen (secondary N) is 2. The zero-order valence-corrected chi connectivity index (χ0v) is 42.6. The Morgan fingerprint density at radius 1 is 0.722 bits per heavy atom. The van der Waals surface area contributed by atoms with Crippen molar-refractivity contribution < 1.29 is 65.1 Å². The zero-order valence-electron chi connectivity index (χ0n) is 42.6. The molecule has 0 spiro atoms. The summed E-state index contributed by atoms with van der Waals surface area (Å²) in [6, 6.07) is 14.6. The number of alkyl halides is 6. The van der Waals surface area contributed by atoms with Crippen LogP contribution >= 0.6 is 0 Å². The molecule has 3 saturated heterocycles. The van der Waals surface area contributed by atoms with Crippen LogP contribution in [0.1, 0.15) is 50.7 Å². The Balaban J connectivity index is 0.000000179. The van der Waals surface area contributed by atoms with E-state index in [0.717, 1.165) is 63.0 Å². The van der Waals surface area contributed by atoms with Crippen molar-refractivity contribution in [1.29, 1.82) is 0 Å². The van der Waals surface area contributed by atoms with Gasteiger partial charge in [0.05, 0.1) is 60.2 Å². The number of anilines is 6. The summed E-state index contributed by atoms with van der Waals surface area (Å²) in [7, 11) is 0. The largest absolute Gasteiger partial charge is 0.491 e. The predicted molar refractivity (Wildman–Crippen MR) is 276 cm³/mol. The molecule has 79 heavy (non-hydrogen) atoms. The molecule has 4 bridgehead atoms. The van der Waals surface area contributed by atoms with Gasteiger partial charge in [-0.2, -0.15) is 26.3 Å². The predicted octanol–water partition coefficient (Wildman–Crippen LogP) is 8.42. The lowest BCUT2D eigenvalue weighted by molar-refractivity contribution is -0.141. The van der Waals surface area contributed by atoms with E-state index in [0.29, 0.717) is 54.2 Å². The van der Waals surface area contributed by atoms with Crippen LogP contribution in [0, 0.1) is 0 Å². The number of hydrogen-bond acceptors (Lipinski definition) is 16. The van der Waals surface area contributed by atoms with E-state index in [4.69, 9.17) is 24.1 Å². The molecule has 0 saturated carbocycles. The lowest BCUT2D eigenvalue weighted by Gasteiger charge is -2.45. The first-order valence-electron chi connectivity index (χ1n) is 25.4. The molecule has 26 heteroatoms.